The van der Waals surface area contributed by atoms with Crippen molar-refractivity contribution in [3.63, 3.8) is 0 Å². The summed E-state index contributed by atoms with van der Waals surface area (Å²) in [5.41, 5.74) is 5.05. The van der Waals surface area contributed by atoms with Gasteiger partial charge in [0.05, 0.1) is 11.5 Å². The van der Waals surface area contributed by atoms with Gasteiger partial charge in [0.15, 0.2) is 11.4 Å². The lowest BCUT2D eigenvalue weighted by Crippen LogP contribution is -2.36. The van der Waals surface area contributed by atoms with E-state index in [4.69, 9.17) is 10.2 Å². The largest absolute Gasteiger partial charge is 0.442 e. The third-order valence-electron chi connectivity index (χ3n) is 3.93. The van der Waals surface area contributed by atoms with E-state index >= 15 is 0 Å². The molecule has 0 saturated carbocycles. The molecule has 2 aromatic heterocycles. The molecular weight excluding hydrogens is 356 g/mol. The number of nitrogens with two attached hydrogens (primary N) is 1. The summed E-state index contributed by atoms with van der Waals surface area (Å²) in [7, 11) is 0. The van der Waals surface area contributed by atoms with Gasteiger partial charge in [0.1, 0.15) is 11.5 Å². The van der Waals surface area contributed by atoms with E-state index in [1.807, 2.05) is 0 Å². The summed E-state index contributed by atoms with van der Waals surface area (Å²) in [6, 6.07) is 7.02. The zero-order valence-electron chi connectivity index (χ0n) is 15.5. The van der Waals surface area contributed by atoms with Crippen molar-refractivity contribution in [1.29, 1.82) is 0 Å². The molecule has 0 bridgehead atoms. The van der Waals surface area contributed by atoms with Gasteiger partial charge in [0.2, 0.25) is 5.89 Å². The number of aliphatic hydroxyl groups is 1. The number of rotatable bonds is 3. The Hall–Kier alpha value is -3.76. The first-order valence-corrected chi connectivity index (χ1v) is 8.32. The van der Waals surface area contributed by atoms with Crippen LogP contribution in [0, 0.1) is 18.8 Å². The first-order chi connectivity index (χ1) is 13.2. The average molecular weight is 374 g/mol. The SMILES string of the molecule is C=c1nc(-c2cccc(C#C[C@](C)(O)c3ncc(C)o3)c2)nc(C(N)=O)c1=C. The maximum Gasteiger partial charge on any atom is 0.268 e. The van der Waals surface area contributed by atoms with E-state index in [-0.39, 0.29) is 17.4 Å². The van der Waals surface area contributed by atoms with E-state index in [0.717, 1.165) is 0 Å². The Kier molecular flexibility index (Phi) is 4.82. The molecule has 7 nitrogen and oxygen atoms in total. The van der Waals surface area contributed by atoms with Crippen LogP contribution in [0.2, 0.25) is 0 Å². The molecule has 28 heavy (non-hydrogen) atoms. The molecule has 0 fully saturated rings. The topological polar surface area (TPSA) is 115 Å². The monoisotopic (exact) mass is 374 g/mol. The lowest BCUT2D eigenvalue weighted by molar-refractivity contribution is 0.0882. The molecule has 0 radical (unpaired) electrons. The fraction of sp³-hybridized carbons (Fsp3) is 0.143. The molecule has 1 amide bonds. The molecule has 0 spiro atoms. The first-order valence-electron chi connectivity index (χ1n) is 8.32. The lowest BCUT2D eigenvalue weighted by atomic mass is 10.1. The van der Waals surface area contributed by atoms with Gasteiger partial charge in [-0.2, -0.15) is 0 Å². The van der Waals surface area contributed by atoms with Gasteiger partial charge in [-0.05, 0) is 26.0 Å². The molecule has 0 aliphatic carbocycles. The number of aryl methyl sites for hydroxylation is 1. The standard InChI is InChI=1S/C21H18N4O3/c1-12-11-23-20(28-12)21(4,27)9-8-15-6-5-7-16(10-15)19-24-14(3)13(2)17(25-19)18(22)26/h5-7,10-11,27H,2-3H2,1,4H3,(H2,22,26)/t21-/m0/s1. The smallest absolute Gasteiger partial charge is 0.268 e. The number of nitrogens with zero attached hydrogens (tertiary/aromatic N) is 3. The molecular formula is C21H18N4O3. The Bertz CT molecular complexity index is 1230. The van der Waals surface area contributed by atoms with E-state index in [2.05, 4.69) is 40.0 Å². The summed E-state index contributed by atoms with van der Waals surface area (Å²) >= 11 is 0. The number of primary amides is 1. The number of oxazole rings is 1. The highest BCUT2D eigenvalue weighted by Crippen LogP contribution is 2.20. The van der Waals surface area contributed by atoms with Crippen molar-refractivity contribution >= 4 is 19.1 Å². The number of amides is 1. The van der Waals surface area contributed by atoms with Crippen molar-refractivity contribution in [2.24, 2.45) is 5.73 Å². The van der Waals surface area contributed by atoms with Crippen molar-refractivity contribution in [2.75, 3.05) is 0 Å². The fourth-order valence-corrected chi connectivity index (χ4v) is 2.43. The average Bonchev–Trinajstić information content (AvgIpc) is 3.09. The van der Waals surface area contributed by atoms with Crippen LogP contribution < -0.4 is 16.3 Å². The van der Waals surface area contributed by atoms with E-state index in [1.165, 1.54) is 13.1 Å². The number of carbonyl (C=O) groups is 1. The van der Waals surface area contributed by atoms with Crippen LogP contribution in [0.25, 0.3) is 24.5 Å². The molecule has 0 aliphatic heterocycles. The Balaban J connectivity index is 2.00. The summed E-state index contributed by atoms with van der Waals surface area (Å²) in [6.07, 6.45) is 1.52. The van der Waals surface area contributed by atoms with Gasteiger partial charge >= 0.3 is 0 Å². The van der Waals surface area contributed by atoms with Crippen LogP contribution >= 0.6 is 0 Å². The Morgan fingerprint density at radius 1 is 1.32 bits per heavy atom. The molecule has 0 saturated heterocycles. The predicted molar refractivity (Wildman–Crippen MR) is 104 cm³/mol. The van der Waals surface area contributed by atoms with Crippen molar-refractivity contribution in [1.82, 2.24) is 15.0 Å². The van der Waals surface area contributed by atoms with Crippen molar-refractivity contribution in [2.45, 2.75) is 19.4 Å². The van der Waals surface area contributed by atoms with Crippen LogP contribution in [0.1, 0.15) is 34.6 Å². The fourth-order valence-electron chi connectivity index (χ4n) is 2.43. The second-order valence-corrected chi connectivity index (χ2v) is 6.36. The van der Waals surface area contributed by atoms with E-state index in [1.54, 1.807) is 31.2 Å². The minimum absolute atomic E-state index is 0.0219. The third kappa shape index (κ3) is 3.82. The van der Waals surface area contributed by atoms with Crippen LogP contribution in [-0.2, 0) is 5.60 Å². The zero-order chi connectivity index (χ0) is 20.5. The number of benzene rings is 1. The minimum atomic E-state index is -1.55. The minimum Gasteiger partial charge on any atom is -0.442 e. The highest BCUT2D eigenvalue weighted by molar-refractivity contribution is 5.91. The normalized spacial score (nSPS) is 12.7. The Morgan fingerprint density at radius 2 is 2.07 bits per heavy atom. The van der Waals surface area contributed by atoms with Crippen LogP contribution in [0.5, 0.6) is 0 Å². The van der Waals surface area contributed by atoms with Gasteiger partial charge in [-0.1, -0.05) is 37.1 Å². The second kappa shape index (κ2) is 7.10. The number of hydrogen-bond acceptors (Lipinski definition) is 6. The highest BCUT2D eigenvalue weighted by Gasteiger charge is 2.26. The molecule has 7 heteroatoms. The van der Waals surface area contributed by atoms with Gasteiger partial charge in [-0.15, -0.1) is 0 Å². The maximum atomic E-state index is 11.6. The van der Waals surface area contributed by atoms with Gasteiger partial charge < -0.3 is 15.3 Å². The molecule has 0 aliphatic rings. The molecule has 2 heterocycles. The van der Waals surface area contributed by atoms with Gasteiger partial charge in [-0.3, -0.25) is 4.79 Å². The van der Waals surface area contributed by atoms with E-state index in [9.17, 15) is 9.90 Å². The van der Waals surface area contributed by atoms with Crippen LogP contribution in [0.4, 0.5) is 0 Å². The van der Waals surface area contributed by atoms with Crippen molar-refractivity contribution in [3.8, 4) is 23.2 Å². The summed E-state index contributed by atoms with van der Waals surface area (Å²) in [5, 5.41) is 11.1. The number of hydrogen-bond donors (Lipinski definition) is 2. The van der Waals surface area contributed by atoms with Gasteiger partial charge in [0.25, 0.3) is 5.91 Å². The molecule has 1 aromatic carbocycles. The molecule has 3 aromatic rings. The highest BCUT2D eigenvalue weighted by atomic mass is 16.4. The Labute approximate surface area is 161 Å². The zero-order valence-corrected chi connectivity index (χ0v) is 15.5. The molecule has 1 atom stereocenters. The first kappa shape index (κ1) is 19.0. The number of carbonyl (C=O) groups excluding carboxylic acids is 1. The molecule has 3 rings (SSSR count). The number of aromatic nitrogens is 3. The van der Waals surface area contributed by atoms with Crippen molar-refractivity contribution in [3.05, 3.63) is 63.9 Å². The summed E-state index contributed by atoms with van der Waals surface area (Å²) in [5.74, 6) is 5.92. The maximum absolute atomic E-state index is 11.6. The molecule has 3 N–H and O–H groups in total. The summed E-state index contributed by atoms with van der Waals surface area (Å²) in [6.45, 7) is 10.7. The van der Waals surface area contributed by atoms with Crippen molar-refractivity contribution < 1.29 is 14.3 Å². The third-order valence-corrected chi connectivity index (χ3v) is 3.93. The lowest BCUT2D eigenvalue weighted by Gasteiger charge is -2.10. The van der Waals surface area contributed by atoms with Gasteiger partial charge in [0, 0.05) is 16.3 Å². The summed E-state index contributed by atoms with van der Waals surface area (Å²) < 4.78 is 5.35. The second-order valence-electron chi connectivity index (χ2n) is 6.36. The molecule has 0 unspecified atom stereocenters. The summed E-state index contributed by atoms with van der Waals surface area (Å²) in [4.78, 5) is 24.0. The Morgan fingerprint density at radius 3 is 2.71 bits per heavy atom. The van der Waals surface area contributed by atoms with E-state index in [0.29, 0.717) is 27.5 Å². The van der Waals surface area contributed by atoms with Gasteiger partial charge in [-0.25, -0.2) is 15.0 Å². The predicted octanol–water partition coefficient (Wildman–Crippen LogP) is 0.619. The van der Waals surface area contributed by atoms with Crippen LogP contribution in [0.3, 0.4) is 0 Å². The quantitative estimate of drug-likeness (QED) is 0.650. The molecule has 140 valence electrons. The van der Waals surface area contributed by atoms with Crippen LogP contribution in [-0.4, -0.2) is 26.0 Å². The van der Waals surface area contributed by atoms with E-state index < -0.39 is 11.5 Å². The van der Waals surface area contributed by atoms with Crippen LogP contribution in [0.15, 0.2) is 34.9 Å².